The van der Waals surface area contributed by atoms with E-state index in [2.05, 4.69) is 241 Å². The highest BCUT2D eigenvalue weighted by atomic mass is 15.1. The van der Waals surface area contributed by atoms with Crippen LogP contribution in [0.3, 0.4) is 0 Å². The van der Waals surface area contributed by atoms with Gasteiger partial charge in [0, 0.05) is 17.1 Å². The molecular weight excluding hydrogens is 687 g/mol. The summed E-state index contributed by atoms with van der Waals surface area (Å²) >= 11 is 0. The molecule has 0 saturated carbocycles. The monoisotopic (exact) mass is 725 g/mol. The molecule has 0 heterocycles. The molecule has 1 heteroatoms. The lowest BCUT2D eigenvalue weighted by atomic mass is 9.82. The molecule has 10 rings (SSSR count). The summed E-state index contributed by atoms with van der Waals surface area (Å²) in [5, 5.41) is 4.98. The maximum atomic E-state index is 2.42. The van der Waals surface area contributed by atoms with Crippen LogP contribution in [-0.2, 0) is 0 Å². The molecule has 0 aliphatic carbocycles. The van der Waals surface area contributed by atoms with E-state index in [0.717, 1.165) is 17.1 Å². The molecule has 0 radical (unpaired) electrons. The maximum Gasteiger partial charge on any atom is 0.0468 e. The molecule has 0 aliphatic heterocycles. The van der Waals surface area contributed by atoms with Crippen LogP contribution in [0.2, 0.25) is 0 Å². The second-order valence-corrected chi connectivity index (χ2v) is 14.5. The third-order valence-electron chi connectivity index (χ3n) is 11.1. The van der Waals surface area contributed by atoms with Gasteiger partial charge in [-0.25, -0.2) is 0 Å². The lowest BCUT2D eigenvalue weighted by Crippen LogP contribution is -2.10. The van der Waals surface area contributed by atoms with Gasteiger partial charge in [0.05, 0.1) is 0 Å². The third kappa shape index (κ3) is 6.46. The van der Waals surface area contributed by atoms with Gasteiger partial charge >= 0.3 is 0 Å². The summed E-state index contributed by atoms with van der Waals surface area (Å²) in [6.45, 7) is 0. The first-order valence-corrected chi connectivity index (χ1v) is 19.6. The van der Waals surface area contributed by atoms with Gasteiger partial charge in [-0.1, -0.05) is 200 Å². The Morgan fingerprint density at radius 2 is 0.561 bits per heavy atom. The fourth-order valence-corrected chi connectivity index (χ4v) is 8.39. The molecule has 1 nitrogen and oxygen atoms in total. The summed E-state index contributed by atoms with van der Waals surface area (Å²) < 4.78 is 0. The number of anilines is 3. The molecule has 10 aromatic carbocycles. The molecule has 0 fully saturated rings. The zero-order chi connectivity index (χ0) is 38.0. The molecule has 0 N–H and O–H groups in total. The first-order valence-electron chi connectivity index (χ1n) is 19.6. The number of fused-ring (bicyclic) bond motifs is 3. The molecule has 57 heavy (non-hydrogen) atoms. The highest BCUT2D eigenvalue weighted by Crippen LogP contribution is 2.49. The van der Waals surface area contributed by atoms with Gasteiger partial charge in [-0.3, -0.25) is 0 Å². The Bertz CT molecular complexity index is 2870. The van der Waals surface area contributed by atoms with Gasteiger partial charge in [-0.05, 0) is 114 Å². The first kappa shape index (κ1) is 34.0. The predicted molar refractivity (Wildman–Crippen MR) is 243 cm³/mol. The summed E-state index contributed by atoms with van der Waals surface area (Å²) in [6, 6.07) is 85.7. The second kappa shape index (κ2) is 15.0. The summed E-state index contributed by atoms with van der Waals surface area (Å²) in [7, 11) is 0. The number of benzene rings is 10. The highest BCUT2D eigenvalue weighted by molar-refractivity contribution is 6.22. The van der Waals surface area contributed by atoms with Crippen molar-refractivity contribution in [2.75, 3.05) is 4.90 Å². The molecule has 0 amide bonds. The van der Waals surface area contributed by atoms with Crippen molar-refractivity contribution in [3.63, 3.8) is 0 Å². The zero-order valence-corrected chi connectivity index (χ0v) is 31.5. The van der Waals surface area contributed by atoms with Crippen LogP contribution in [0.15, 0.2) is 237 Å². The Kier molecular flexibility index (Phi) is 8.95. The Morgan fingerprint density at radius 3 is 1.04 bits per heavy atom. The predicted octanol–water partition coefficient (Wildman–Crippen LogP) is 15.8. The smallest absolute Gasteiger partial charge is 0.0468 e. The van der Waals surface area contributed by atoms with E-state index in [4.69, 9.17) is 0 Å². The maximum absolute atomic E-state index is 2.42. The van der Waals surface area contributed by atoms with Crippen LogP contribution in [0, 0.1) is 0 Å². The second-order valence-electron chi connectivity index (χ2n) is 14.5. The molecular formula is C56H39N. The van der Waals surface area contributed by atoms with Gasteiger partial charge < -0.3 is 4.90 Å². The molecule has 0 aliphatic rings. The van der Waals surface area contributed by atoms with Crippen LogP contribution < -0.4 is 4.90 Å². The third-order valence-corrected chi connectivity index (χ3v) is 11.1. The Morgan fingerprint density at radius 1 is 0.211 bits per heavy atom. The van der Waals surface area contributed by atoms with Gasteiger partial charge in [0.25, 0.3) is 0 Å². The molecule has 0 bridgehead atoms. The van der Waals surface area contributed by atoms with Gasteiger partial charge in [0.1, 0.15) is 0 Å². The number of hydrogen-bond acceptors (Lipinski definition) is 1. The summed E-state index contributed by atoms with van der Waals surface area (Å²) in [5.41, 5.74) is 15.3. The minimum Gasteiger partial charge on any atom is -0.310 e. The average Bonchev–Trinajstić information content (AvgIpc) is 3.30. The summed E-state index contributed by atoms with van der Waals surface area (Å²) in [4.78, 5) is 2.40. The molecule has 0 spiro atoms. The molecule has 0 aromatic heterocycles. The molecule has 0 atom stereocenters. The lowest BCUT2D eigenvalue weighted by molar-refractivity contribution is 1.28. The van der Waals surface area contributed by atoms with Crippen LogP contribution in [-0.4, -0.2) is 0 Å². The van der Waals surface area contributed by atoms with E-state index in [1.807, 2.05) is 0 Å². The van der Waals surface area contributed by atoms with E-state index in [9.17, 15) is 0 Å². The van der Waals surface area contributed by atoms with E-state index in [1.165, 1.54) is 77.2 Å². The molecule has 10 aromatic rings. The topological polar surface area (TPSA) is 3.24 Å². The lowest BCUT2D eigenvalue weighted by Gasteiger charge is -2.28. The summed E-state index contributed by atoms with van der Waals surface area (Å²) in [6.07, 6.45) is 0. The van der Waals surface area contributed by atoms with Crippen molar-refractivity contribution < 1.29 is 0 Å². The van der Waals surface area contributed by atoms with E-state index in [-0.39, 0.29) is 0 Å². The highest BCUT2D eigenvalue weighted by Gasteiger charge is 2.22. The van der Waals surface area contributed by atoms with Crippen LogP contribution in [0.4, 0.5) is 17.1 Å². The minimum atomic E-state index is 1.08. The fraction of sp³-hybridized carbons (Fsp3) is 0. The standard InChI is InChI=1S/C56H39N/c1-5-17-40(18-6-1)42-29-33-46(34-30-42)57(47-35-31-43(32-36-47)41-19-7-2-8-20-41)48-37-38-49(44-21-9-3-10-22-44)54(39-48)56-53-28-16-14-26-51(53)50-25-13-15-27-52(50)55(56)45-23-11-4-12-24-45/h1-39H. The van der Waals surface area contributed by atoms with Gasteiger partial charge in [-0.2, -0.15) is 0 Å². The molecule has 0 unspecified atom stereocenters. The summed E-state index contributed by atoms with van der Waals surface area (Å²) in [5.74, 6) is 0. The van der Waals surface area contributed by atoms with E-state index < -0.39 is 0 Å². The van der Waals surface area contributed by atoms with E-state index in [1.54, 1.807) is 0 Å². The Balaban J connectivity index is 1.25. The van der Waals surface area contributed by atoms with Crippen molar-refractivity contribution in [3.8, 4) is 55.6 Å². The van der Waals surface area contributed by atoms with Crippen molar-refractivity contribution >= 4 is 38.6 Å². The largest absolute Gasteiger partial charge is 0.310 e. The van der Waals surface area contributed by atoms with Crippen molar-refractivity contribution in [2.45, 2.75) is 0 Å². The van der Waals surface area contributed by atoms with Crippen molar-refractivity contribution in [3.05, 3.63) is 237 Å². The van der Waals surface area contributed by atoms with Crippen molar-refractivity contribution in [2.24, 2.45) is 0 Å². The average molecular weight is 726 g/mol. The number of rotatable bonds is 8. The van der Waals surface area contributed by atoms with E-state index >= 15 is 0 Å². The number of hydrogen-bond donors (Lipinski definition) is 0. The van der Waals surface area contributed by atoms with E-state index in [0.29, 0.717) is 0 Å². The number of nitrogens with zero attached hydrogens (tertiary/aromatic N) is 1. The van der Waals surface area contributed by atoms with Crippen LogP contribution in [0.1, 0.15) is 0 Å². The fourth-order valence-electron chi connectivity index (χ4n) is 8.39. The molecule has 0 saturated heterocycles. The quantitative estimate of drug-likeness (QED) is 0.141. The normalized spacial score (nSPS) is 11.2. The van der Waals surface area contributed by atoms with Crippen LogP contribution in [0.5, 0.6) is 0 Å². The van der Waals surface area contributed by atoms with Crippen molar-refractivity contribution in [1.29, 1.82) is 0 Å². The van der Waals surface area contributed by atoms with Gasteiger partial charge in [0.2, 0.25) is 0 Å². The van der Waals surface area contributed by atoms with Crippen LogP contribution in [0.25, 0.3) is 77.2 Å². The SMILES string of the molecule is c1ccc(-c2ccc(N(c3ccc(-c4ccccc4)cc3)c3ccc(-c4ccccc4)c(-c4c(-c5ccccc5)c5ccccc5c5ccccc45)c3)cc2)cc1. The Hall–Kier alpha value is -7.48. The first-order chi connectivity index (χ1) is 28.3. The molecule has 268 valence electrons. The minimum absolute atomic E-state index is 1.08. The Labute approximate surface area is 334 Å². The zero-order valence-electron chi connectivity index (χ0n) is 31.5. The van der Waals surface area contributed by atoms with Crippen LogP contribution >= 0.6 is 0 Å². The van der Waals surface area contributed by atoms with Gasteiger partial charge in [0.15, 0.2) is 0 Å². The van der Waals surface area contributed by atoms with Crippen molar-refractivity contribution in [1.82, 2.24) is 0 Å². The van der Waals surface area contributed by atoms with Gasteiger partial charge in [-0.15, -0.1) is 0 Å².